The van der Waals surface area contributed by atoms with E-state index in [1.807, 2.05) is 0 Å². The molecule has 0 atom stereocenters. The molecule has 6 nitrogen and oxygen atoms in total. The maximum absolute atomic E-state index is 12.4. The highest BCUT2D eigenvalue weighted by Gasteiger charge is 2.48. The van der Waals surface area contributed by atoms with Crippen LogP contribution in [-0.2, 0) is 26.0 Å². The van der Waals surface area contributed by atoms with E-state index < -0.39 is 27.3 Å². The predicted molar refractivity (Wildman–Crippen MR) is 78.1 cm³/mol. The number of hydrogen-bond donors (Lipinski definition) is 0. The highest BCUT2D eigenvalue weighted by Crippen LogP contribution is 2.30. The molecule has 1 rings (SSSR count). The number of allylic oxidation sites excluding steroid dienone is 1. The van der Waals surface area contributed by atoms with Gasteiger partial charge in [0, 0.05) is 12.7 Å². The molecule has 0 aliphatic carbocycles. The van der Waals surface area contributed by atoms with Gasteiger partial charge in [-0.1, -0.05) is 6.08 Å². The fraction of sp³-hybridized carbons (Fsp3) is 0.357. The lowest BCUT2D eigenvalue weighted by Crippen LogP contribution is -2.28. The third-order valence-corrected chi connectivity index (χ3v) is 3.63. The largest absolute Gasteiger partial charge is 0.534 e. The fourth-order valence-electron chi connectivity index (χ4n) is 1.57. The van der Waals surface area contributed by atoms with E-state index in [0.717, 1.165) is 12.1 Å². The Labute approximate surface area is 136 Å². The van der Waals surface area contributed by atoms with Crippen molar-refractivity contribution in [2.45, 2.75) is 11.9 Å². The molecule has 0 saturated heterocycles. The Kier molecular flexibility index (Phi) is 6.79. The molecule has 0 bridgehead atoms. The standard InChI is InChI=1S/C14H15F3O6S/c1-3-4-10-9-11(13(18)22-8-7-21-2)5-6-12(10)23-24(19,20)14(15,16)17/h3,5-6,9H,1,4,7-8H2,2H3. The van der Waals surface area contributed by atoms with Crippen LogP contribution in [0.15, 0.2) is 30.9 Å². The predicted octanol–water partition coefficient (Wildman–Crippen LogP) is 2.45. The molecule has 1 aromatic rings. The summed E-state index contributed by atoms with van der Waals surface area (Å²) in [6, 6.07) is 3.23. The van der Waals surface area contributed by atoms with E-state index >= 15 is 0 Å². The van der Waals surface area contributed by atoms with Crippen molar-refractivity contribution in [3.05, 3.63) is 42.0 Å². The van der Waals surface area contributed by atoms with Gasteiger partial charge in [-0.3, -0.25) is 0 Å². The number of hydrogen-bond acceptors (Lipinski definition) is 6. The Morgan fingerprint density at radius 3 is 2.50 bits per heavy atom. The van der Waals surface area contributed by atoms with Crippen molar-refractivity contribution in [3.8, 4) is 5.75 Å². The second-order valence-corrected chi connectivity index (χ2v) is 5.97. The maximum atomic E-state index is 12.4. The van der Waals surface area contributed by atoms with Crippen LogP contribution in [0.25, 0.3) is 0 Å². The summed E-state index contributed by atoms with van der Waals surface area (Å²) >= 11 is 0. The van der Waals surface area contributed by atoms with E-state index in [4.69, 9.17) is 9.47 Å². The molecule has 24 heavy (non-hydrogen) atoms. The molecule has 0 amide bonds. The molecular weight excluding hydrogens is 353 g/mol. The van der Waals surface area contributed by atoms with Crippen LogP contribution in [0.2, 0.25) is 0 Å². The number of alkyl halides is 3. The third kappa shape index (κ3) is 5.24. The quantitative estimate of drug-likeness (QED) is 0.231. The van der Waals surface area contributed by atoms with Gasteiger partial charge in [0.1, 0.15) is 12.4 Å². The molecule has 0 saturated carbocycles. The minimum absolute atomic E-state index is 0.00711. The second kappa shape index (κ2) is 8.15. The highest BCUT2D eigenvalue weighted by molar-refractivity contribution is 7.88. The van der Waals surface area contributed by atoms with Gasteiger partial charge < -0.3 is 13.7 Å². The molecule has 0 radical (unpaired) electrons. The van der Waals surface area contributed by atoms with Crippen LogP contribution < -0.4 is 4.18 Å². The molecular formula is C14H15F3O6S. The van der Waals surface area contributed by atoms with E-state index in [2.05, 4.69) is 10.8 Å². The van der Waals surface area contributed by atoms with Crippen LogP contribution in [0.4, 0.5) is 13.2 Å². The van der Waals surface area contributed by atoms with Crippen LogP contribution in [0.5, 0.6) is 5.75 Å². The summed E-state index contributed by atoms with van der Waals surface area (Å²) in [7, 11) is -4.39. The average molecular weight is 368 g/mol. The minimum Gasteiger partial charge on any atom is -0.460 e. The van der Waals surface area contributed by atoms with E-state index in [9.17, 15) is 26.4 Å². The molecule has 0 spiro atoms. The number of rotatable bonds is 8. The summed E-state index contributed by atoms with van der Waals surface area (Å²) in [5, 5.41) is 0. The van der Waals surface area contributed by atoms with E-state index in [1.165, 1.54) is 19.3 Å². The van der Waals surface area contributed by atoms with E-state index in [-0.39, 0.29) is 30.8 Å². The number of carbonyl (C=O) groups excluding carboxylic acids is 1. The zero-order chi connectivity index (χ0) is 18.4. The zero-order valence-corrected chi connectivity index (χ0v) is 13.4. The molecule has 0 aliphatic heterocycles. The zero-order valence-electron chi connectivity index (χ0n) is 12.6. The lowest BCUT2D eigenvalue weighted by molar-refractivity contribution is -0.0500. The van der Waals surface area contributed by atoms with Crippen LogP contribution in [0.3, 0.4) is 0 Å². The minimum atomic E-state index is -5.81. The van der Waals surface area contributed by atoms with Crippen LogP contribution >= 0.6 is 0 Å². The van der Waals surface area contributed by atoms with Crippen molar-refractivity contribution in [3.63, 3.8) is 0 Å². The van der Waals surface area contributed by atoms with Crippen LogP contribution in [0, 0.1) is 0 Å². The molecule has 0 aromatic heterocycles. The summed E-state index contributed by atoms with van der Waals surface area (Å²) in [5.41, 5.74) is -5.49. The Bertz CT molecular complexity index is 697. The summed E-state index contributed by atoms with van der Waals surface area (Å²) in [6.07, 6.45) is 1.31. The van der Waals surface area contributed by atoms with Gasteiger partial charge in [0.25, 0.3) is 0 Å². The first-order valence-electron chi connectivity index (χ1n) is 6.53. The van der Waals surface area contributed by atoms with Gasteiger partial charge in [-0.25, -0.2) is 4.79 Å². The van der Waals surface area contributed by atoms with Crippen molar-refractivity contribution < 1.29 is 40.0 Å². The number of benzene rings is 1. The Balaban J connectivity index is 3.07. The first-order valence-corrected chi connectivity index (χ1v) is 7.94. The fourth-order valence-corrected chi connectivity index (χ4v) is 2.06. The normalized spacial score (nSPS) is 11.8. The Hall–Kier alpha value is -2.07. The molecule has 1 aromatic carbocycles. The van der Waals surface area contributed by atoms with Gasteiger partial charge in [0.05, 0.1) is 12.2 Å². The molecule has 0 aliphatic rings. The first-order chi connectivity index (χ1) is 11.1. The van der Waals surface area contributed by atoms with Crippen molar-refractivity contribution in [2.24, 2.45) is 0 Å². The number of esters is 1. The average Bonchev–Trinajstić information content (AvgIpc) is 2.48. The van der Waals surface area contributed by atoms with Gasteiger partial charge in [0.15, 0.2) is 0 Å². The van der Waals surface area contributed by atoms with Gasteiger partial charge in [0.2, 0.25) is 0 Å². The lowest BCUT2D eigenvalue weighted by atomic mass is 10.1. The number of carbonyl (C=O) groups is 1. The molecule has 0 fully saturated rings. The summed E-state index contributed by atoms with van der Waals surface area (Å²) in [5.74, 6) is -1.27. The number of ether oxygens (including phenoxy) is 2. The van der Waals surface area contributed by atoms with Gasteiger partial charge in [-0.15, -0.1) is 6.58 Å². The molecule has 10 heteroatoms. The highest BCUT2D eigenvalue weighted by atomic mass is 32.2. The molecule has 0 heterocycles. The summed E-state index contributed by atoms with van der Waals surface area (Å²) in [6.45, 7) is 3.59. The van der Waals surface area contributed by atoms with E-state index in [1.54, 1.807) is 0 Å². The van der Waals surface area contributed by atoms with Crippen molar-refractivity contribution >= 4 is 16.1 Å². The van der Waals surface area contributed by atoms with Crippen LogP contribution in [0.1, 0.15) is 15.9 Å². The van der Waals surface area contributed by atoms with E-state index in [0.29, 0.717) is 0 Å². The monoisotopic (exact) mass is 368 g/mol. The number of methoxy groups -OCH3 is 1. The molecule has 0 unspecified atom stereocenters. The van der Waals surface area contributed by atoms with Crippen molar-refractivity contribution in [1.82, 2.24) is 0 Å². The topological polar surface area (TPSA) is 78.9 Å². The smallest absolute Gasteiger partial charge is 0.460 e. The lowest BCUT2D eigenvalue weighted by Gasteiger charge is -2.13. The summed E-state index contributed by atoms with van der Waals surface area (Å²) < 4.78 is 73.1. The second-order valence-electron chi connectivity index (χ2n) is 4.43. The Morgan fingerprint density at radius 2 is 1.96 bits per heavy atom. The Morgan fingerprint density at radius 1 is 1.29 bits per heavy atom. The van der Waals surface area contributed by atoms with Gasteiger partial charge in [-0.05, 0) is 24.6 Å². The first kappa shape index (κ1) is 20.0. The van der Waals surface area contributed by atoms with Crippen LogP contribution in [-0.4, -0.2) is 40.2 Å². The SMILES string of the molecule is C=CCc1cc(C(=O)OCCOC)ccc1OS(=O)(=O)C(F)(F)F. The van der Waals surface area contributed by atoms with Crippen molar-refractivity contribution in [1.29, 1.82) is 0 Å². The maximum Gasteiger partial charge on any atom is 0.534 e. The third-order valence-electron chi connectivity index (χ3n) is 2.66. The van der Waals surface area contributed by atoms with Crippen molar-refractivity contribution in [2.75, 3.05) is 20.3 Å². The molecule has 0 N–H and O–H groups in total. The summed E-state index contributed by atoms with van der Waals surface area (Å²) in [4.78, 5) is 11.8. The molecule has 134 valence electrons. The van der Waals surface area contributed by atoms with Gasteiger partial charge in [-0.2, -0.15) is 21.6 Å². The number of halogens is 3. The van der Waals surface area contributed by atoms with Gasteiger partial charge >= 0.3 is 21.6 Å².